The lowest BCUT2D eigenvalue weighted by atomic mass is 10.0. The summed E-state index contributed by atoms with van der Waals surface area (Å²) in [5.74, 6) is 1.04. The van der Waals surface area contributed by atoms with Gasteiger partial charge in [-0.3, -0.25) is 4.90 Å². The first-order valence-corrected chi connectivity index (χ1v) is 8.65. The van der Waals surface area contributed by atoms with E-state index < -0.39 is 0 Å². The minimum Gasteiger partial charge on any atom is -0.393 e. The Labute approximate surface area is 153 Å². The fraction of sp³-hybridized carbons (Fsp3) is 0.444. The second-order valence-corrected chi connectivity index (χ2v) is 6.45. The van der Waals surface area contributed by atoms with E-state index in [0.29, 0.717) is 37.1 Å². The number of anilines is 3. The predicted molar refractivity (Wildman–Crippen MR) is 101 cm³/mol. The number of nitrogens with zero attached hydrogens (tertiary/aromatic N) is 4. The average molecular weight is 360 g/mol. The second-order valence-electron chi connectivity index (χ2n) is 6.45. The fourth-order valence-electron chi connectivity index (χ4n) is 3.11. The van der Waals surface area contributed by atoms with Gasteiger partial charge < -0.3 is 20.7 Å². The number of rotatable bonds is 6. The molecule has 1 saturated heterocycles. The zero-order valence-electron chi connectivity index (χ0n) is 15.2. The Morgan fingerprint density at radius 1 is 1.23 bits per heavy atom. The molecule has 2 aromatic rings. The lowest BCUT2D eigenvalue weighted by Crippen LogP contribution is -2.41. The zero-order valence-corrected chi connectivity index (χ0v) is 15.2. The minimum atomic E-state index is -0.238. The summed E-state index contributed by atoms with van der Waals surface area (Å²) in [6, 6.07) is 6.70. The number of nitrogens with one attached hydrogen (secondary N) is 1. The van der Waals surface area contributed by atoms with Gasteiger partial charge in [-0.05, 0) is 17.7 Å². The van der Waals surface area contributed by atoms with Crippen molar-refractivity contribution in [3.63, 3.8) is 0 Å². The van der Waals surface area contributed by atoms with Crippen LogP contribution in [-0.2, 0) is 4.74 Å². The maximum Gasteiger partial charge on any atom is 0.156 e. The first-order valence-electron chi connectivity index (χ1n) is 8.65. The summed E-state index contributed by atoms with van der Waals surface area (Å²) in [5.41, 5.74) is 7.75. The number of nitrogens with two attached hydrogens (primary N) is 1. The molecule has 2 heterocycles. The van der Waals surface area contributed by atoms with Crippen molar-refractivity contribution in [3.05, 3.63) is 42.0 Å². The molecule has 0 bridgehead atoms. The van der Waals surface area contributed by atoms with E-state index in [1.165, 1.54) is 18.5 Å². The molecule has 7 nitrogen and oxygen atoms in total. The molecule has 1 aromatic heterocycles. The molecule has 1 fully saturated rings. The normalized spacial score (nSPS) is 16.3. The maximum absolute atomic E-state index is 13.3. The molecule has 0 saturated carbocycles. The number of hydrogen-bond acceptors (Lipinski definition) is 7. The average Bonchev–Trinajstić information content (AvgIpc) is 2.65. The third-order valence-electron chi connectivity index (χ3n) is 4.49. The molecular weight excluding hydrogens is 335 g/mol. The van der Waals surface area contributed by atoms with Crippen LogP contribution in [0.2, 0.25) is 0 Å². The van der Waals surface area contributed by atoms with E-state index in [1.807, 2.05) is 31.1 Å². The van der Waals surface area contributed by atoms with Crippen molar-refractivity contribution >= 4 is 17.3 Å². The van der Waals surface area contributed by atoms with Gasteiger partial charge in [-0.25, -0.2) is 14.4 Å². The summed E-state index contributed by atoms with van der Waals surface area (Å²) in [6.45, 7) is 3.63. The van der Waals surface area contributed by atoms with E-state index in [2.05, 4.69) is 20.2 Å². The zero-order chi connectivity index (χ0) is 18.5. The second kappa shape index (κ2) is 8.29. The van der Waals surface area contributed by atoms with Gasteiger partial charge >= 0.3 is 0 Å². The molecule has 3 N–H and O–H groups in total. The molecule has 0 amide bonds. The van der Waals surface area contributed by atoms with Gasteiger partial charge in [-0.2, -0.15) is 0 Å². The number of ether oxygens (including phenoxy) is 1. The summed E-state index contributed by atoms with van der Waals surface area (Å²) in [5, 5.41) is 3.34. The quantitative estimate of drug-likeness (QED) is 0.812. The van der Waals surface area contributed by atoms with Crippen molar-refractivity contribution in [2.24, 2.45) is 0 Å². The highest BCUT2D eigenvalue weighted by atomic mass is 19.1. The molecule has 3 rings (SSSR count). The predicted octanol–water partition coefficient (Wildman–Crippen LogP) is 1.75. The molecule has 8 heteroatoms. The van der Waals surface area contributed by atoms with Crippen LogP contribution < -0.4 is 16.0 Å². The van der Waals surface area contributed by atoms with Crippen LogP contribution >= 0.6 is 0 Å². The van der Waals surface area contributed by atoms with E-state index in [0.717, 1.165) is 18.7 Å². The summed E-state index contributed by atoms with van der Waals surface area (Å²) < 4.78 is 18.8. The van der Waals surface area contributed by atoms with Gasteiger partial charge in [0, 0.05) is 33.7 Å². The number of halogens is 1. The van der Waals surface area contributed by atoms with Crippen molar-refractivity contribution in [2.45, 2.75) is 6.04 Å². The highest BCUT2D eigenvalue weighted by Crippen LogP contribution is 2.27. The Kier molecular flexibility index (Phi) is 5.85. The van der Waals surface area contributed by atoms with Crippen LogP contribution in [0.4, 0.5) is 21.7 Å². The molecule has 1 aliphatic rings. The Bertz CT molecular complexity index is 718. The van der Waals surface area contributed by atoms with E-state index in [-0.39, 0.29) is 11.9 Å². The molecule has 0 radical (unpaired) electrons. The van der Waals surface area contributed by atoms with Crippen LogP contribution in [0.15, 0.2) is 30.6 Å². The van der Waals surface area contributed by atoms with Gasteiger partial charge in [0.1, 0.15) is 17.8 Å². The highest BCUT2D eigenvalue weighted by molar-refractivity contribution is 5.74. The summed E-state index contributed by atoms with van der Waals surface area (Å²) in [7, 11) is 3.77. The standard InChI is InChI=1S/C18H25FN6O/c1-24(2)18-16(20)17(22-12-23-18)21-11-15(25-7-9-26-10-8-25)13-3-5-14(19)6-4-13/h3-6,12,15H,7-11,20H2,1-2H3,(H,21,22,23). The number of benzene rings is 1. The van der Waals surface area contributed by atoms with Gasteiger partial charge in [0.25, 0.3) is 0 Å². The van der Waals surface area contributed by atoms with E-state index in [9.17, 15) is 4.39 Å². The Morgan fingerprint density at radius 2 is 1.92 bits per heavy atom. The summed E-state index contributed by atoms with van der Waals surface area (Å²) >= 11 is 0. The highest BCUT2D eigenvalue weighted by Gasteiger charge is 2.23. The summed E-state index contributed by atoms with van der Waals surface area (Å²) in [6.07, 6.45) is 1.50. The van der Waals surface area contributed by atoms with Crippen LogP contribution in [0.1, 0.15) is 11.6 Å². The Hall–Kier alpha value is -2.45. The van der Waals surface area contributed by atoms with Crippen LogP contribution in [0, 0.1) is 5.82 Å². The van der Waals surface area contributed by atoms with Crippen molar-refractivity contribution in [3.8, 4) is 0 Å². The number of nitrogen functional groups attached to an aromatic ring is 1. The van der Waals surface area contributed by atoms with Gasteiger partial charge in [-0.1, -0.05) is 12.1 Å². The van der Waals surface area contributed by atoms with Gasteiger partial charge in [0.05, 0.1) is 19.3 Å². The number of morpholine rings is 1. The van der Waals surface area contributed by atoms with Crippen molar-refractivity contribution in [1.82, 2.24) is 14.9 Å². The topological polar surface area (TPSA) is 79.5 Å². The van der Waals surface area contributed by atoms with Crippen molar-refractivity contribution in [1.29, 1.82) is 0 Å². The van der Waals surface area contributed by atoms with Gasteiger partial charge in [-0.15, -0.1) is 0 Å². The first kappa shape index (κ1) is 18.3. The summed E-state index contributed by atoms with van der Waals surface area (Å²) in [4.78, 5) is 12.6. The monoisotopic (exact) mass is 360 g/mol. The Balaban J connectivity index is 1.80. The molecule has 1 atom stereocenters. The molecule has 140 valence electrons. The van der Waals surface area contributed by atoms with Crippen LogP contribution in [-0.4, -0.2) is 61.8 Å². The van der Waals surface area contributed by atoms with E-state index in [4.69, 9.17) is 10.5 Å². The minimum absolute atomic E-state index is 0.0664. The number of aromatic nitrogens is 2. The largest absolute Gasteiger partial charge is 0.393 e. The third kappa shape index (κ3) is 4.20. The smallest absolute Gasteiger partial charge is 0.156 e. The third-order valence-corrected chi connectivity index (χ3v) is 4.49. The molecule has 1 aromatic carbocycles. The van der Waals surface area contributed by atoms with Gasteiger partial charge in [0.15, 0.2) is 11.6 Å². The molecule has 0 spiro atoms. The molecule has 26 heavy (non-hydrogen) atoms. The van der Waals surface area contributed by atoms with Crippen LogP contribution in [0.5, 0.6) is 0 Å². The van der Waals surface area contributed by atoms with Crippen LogP contribution in [0.3, 0.4) is 0 Å². The van der Waals surface area contributed by atoms with E-state index >= 15 is 0 Å². The molecule has 1 unspecified atom stereocenters. The first-order chi connectivity index (χ1) is 12.6. The molecular formula is C18H25FN6O. The molecule has 0 aliphatic carbocycles. The van der Waals surface area contributed by atoms with Crippen molar-refractivity contribution in [2.75, 3.05) is 62.9 Å². The van der Waals surface area contributed by atoms with E-state index in [1.54, 1.807) is 0 Å². The lowest BCUT2D eigenvalue weighted by molar-refractivity contribution is 0.0187. The Morgan fingerprint density at radius 3 is 2.58 bits per heavy atom. The SMILES string of the molecule is CN(C)c1ncnc(NCC(c2ccc(F)cc2)N2CCOCC2)c1N. The number of hydrogen-bond donors (Lipinski definition) is 2. The van der Waals surface area contributed by atoms with Crippen LogP contribution in [0.25, 0.3) is 0 Å². The fourth-order valence-corrected chi connectivity index (χ4v) is 3.11. The van der Waals surface area contributed by atoms with Crippen molar-refractivity contribution < 1.29 is 9.13 Å². The lowest BCUT2D eigenvalue weighted by Gasteiger charge is -2.35. The maximum atomic E-state index is 13.3. The molecule has 1 aliphatic heterocycles. The van der Waals surface area contributed by atoms with Gasteiger partial charge in [0.2, 0.25) is 0 Å².